The molecule has 8 heteroatoms. The Morgan fingerprint density at radius 2 is 1.48 bits per heavy atom. The van der Waals surface area contributed by atoms with Gasteiger partial charge in [-0.1, -0.05) is 45.9 Å². The van der Waals surface area contributed by atoms with Crippen LogP contribution in [0.5, 0.6) is 17.2 Å². The maximum atomic E-state index is 13.6. The molecule has 0 aromatic heterocycles. The summed E-state index contributed by atoms with van der Waals surface area (Å²) < 4.78 is 17.2. The van der Waals surface area contributed by atoms with Gasteiger partial charge in [-0.05, 0) is 60.4 Å². The Hall–Kier alpha value is -4.07. The van der Waals surface area contributed by atoms with E-state index in [2.05, 4.69) is 38.3 Å². The van der Waals surface area contributed by atoms with Gasteiger partial charge in [0.2, 0.25) is 0 Å². The summed E-state index contributed by atoms with van der Waals surface area (Å²) in [6, 6.07) is 12.6. The number of hydrogen-bond donors (Lipinski definition) is 2. The minimum atomic E-state index is -0.481. The summed E-state index contributed by atoms with van der Waals surface area (Å²) in [4.78, 5) is 40.0. The second-order valence-corrected chi connectivity index (χ2v) is 12.9. The number of methoxy groups -OCH3 is 1. The van der Waals surface area contributed by atoms with Gasteiger partial charge in [0.15, 0.2) is 29.7 Å². The number of anilines is 1. The van der Waals surface area contributed by atoms with Gasteiger partial charge in [0, 0.05) is 41.3 Å². The van der Waals surface area contributed by atoms with Gasteiger partial charge >= 0.3 is 0 Å². The Labute approximate surface area is 247 Å². The summed E-state index contributed by atoms with van der Waals surface area (Å²) in [6.07, 6.45) is 2.31. The molecule has 0 saturated heterocycles. The lowest BCUT2D eigenvalue weighted by molar-refractivity contribution is -0.119. The fourth-order valence-electron chi connectivity index (χ4n) is 6.39. The van der Waals surface area contributed by atoms with Crippen LogP contribution in [0, 0.1) is 10.8 Å². The monoisotopic (exact) mass is 572 g/mol. The zero-order valence-corrected chi connectivity index (χ0v) is 25.3. The lowest BCUT2D eigenvalue weighted by Gasteiger charge is -2.44. The summed E-state index contributed by atoms with van der Waals surface area (Å²) in [7, 11) is 1.54. The Morgan fingerprint density at radius 1 is 0.857 bits per heavy atom. The van der Waals surface area contributed by atoms with Gasteiger partial charge in [0.25, 0.3) is 5.91 Å². The van der Waals surface area contributed by atoms with Gasteiger partial charge in [0.05, 0.1) is 19.4 Å². The van der Waals surface area contributed by atoms with Gasteiger partial charge in [0.1, 0.15) is 5.75 Å². The largest absolute Gasteiger partial charge is 0.495 e. The van der Waals surface area contributed by atoms with Gasteiger partial charge in [-0.2, -0.15) is 0 Å². The maximum Gasteiger partial charge on any atom is 0.262 e. The van der Waals surface area contributed by atoms with Crippen molar-refractivity contribution in [1.82, 2.24) is 5.32 Å². The standard InChI is InChI=1S/C34H40N2O6/c1-7-41-28-14-20(12-13-27(28)42-19-29(39)36-21-10-8-9-11-26(21)40-6)30-31-22(15-33(2,3)17-24(31)37)35-23-16-34(4,5)18-25(38)32(23)30/h8-14,30,35H,7,15-19H2,1-6H3,(H,36,39). The predicted octanol–water partition coefficient (Wildman–Crippen LogP) is 6.08. The van der Waals surface area contributed by atoms with Crippen LogP contribution >= 0.6 is 0 Å². The van der Waals surface area contributed by atoms with Crippen molar-refractivity contribution < 1.29 is 28.6 Å². The van der Waals surface area contributed by atoms with Crippen molar-refractivity contribution in [1.29, 1.82) is 0 Å². The number of carbonyl (C=O) groups excluding carboxylic acids is 3. The third-order valence-electron chi connectivity index (χ3n) is 8.06. The van der Waals surface area contributed by atoms with Crippen molar-refractivity contribution in [3.05, 3.63) is 70.6 Å². The van der Waals surface area contributed by atoms with Crippen LogP contribution in [-0.4, -0.2) is 37.8 Å². The third kappa shape index (κ3) is 5.94. The van der Waals surface area contributed by atoms with Crippen LogP contribution in [0.15, 0.2) is 65.0 Å². The first kappa shape index (κ1) is 29.4. The van der Waals surface area contributed by atoms with Gasteiger partial charge in [-0.3, -0.25) is 14.4 Å². The van der Waals surface area contributed by atoms with Crippen LogP contribution in [0.4, 0.5) is 5.69 Å². The second-order valence-electron chi connectivity index (χ2n) is 12.9. The van der Waals surface area contributed by atoms with Crippen LogP contribution in [0.3, 0.4) is 0 Å². The number of dihydropyridines is 1. The molecule has 2 aliphatic carbocycles. The number of hydrogen-bond acceptors (Lipinski definition) is 7. The fourth-order valence-corrected chi connectivity index (χ4v) is 6.39. The average molecular weight is 573 g/mol. The van der Waals surface area contributed by atoms with Crippen LogP contribution in [0.2, 0.25) is 0 Å². The van der Waals surface area contributed by atoms with Crippen LogP contribution in [-0.2, 0) is 14.4 Å². The van der Waals surface area contributed by atoms with E-state index in [1.807, 2.05) is 31.2 Å². The highest BCUT2D eigenvalue weighted by atomic mass is 16.5. The third-order valence-corrected chi connectivity index (χ3v) is 8.06. The van der Waals surface area contributed by atoms with E-state index in [0.29, 0.717) is 53.5 Å². The molecular formula is C34H40N2O6. The predicted molar refractivity (Wildman–Crippen MR) is 161 cm³/mol. The molecule has 3 aliphatic rings. The molecule has 8 nitrogen and oxygen atoms in total. The van der Waals surface area contributed by atoms with E-state index in [9.17, 15) is 14.4 Å². The molecule has 1 amide bonds. The van der Waals surface area contributed by atoms with Gasteiger partial charge < -0.3 is 24.8 Å². The normalized spacial score (nSPS) is 19.5. The lowest BCUT2D eigenvalue weighted by Crippen LogP contribution is -2.42. The smallest absolute Gasteiger partial charge is 0.262 e. The van der Waals surface area contributed by atoms with E-state index in [0.717, 1.165) is 29.8 Å². The molecule has 2 aromatic carbocycles. The van der Waals surface area contributed by atoms with Crippen LogP contribution < -0.4 is 24.8 Å². The summed E-state index contributed by atoms with van der Waals surface area (Å²) >= 11 is 0. The van der Waals surface area contributed by atoms with Gasteiger partial charge in [-0.25, -0.2) is 0 Å². The number of rotatable bonds is 8. The molecule has 0 spiro atoms. The Morgan fingerprint density at radius 3 is 2.07 bits per heavy atom. The highest BCUT2D eigenvalue weighted by Crippen LogP contribution is 2.51. The van der Waals surface area contributed by atoms with E-state index in [-0.39, 0.29) is 34.9 Å². The second kappa shape index (κ2) is 11.3. The number of amides is 1. The quantitative estimate of drug-likeness (QED) is 0.395. The maximum absolute atomic E-state index is 13.6. The van der Waals surface area contributed by atoms with Crippen molar-refractivity contribution >= 4 is 23.2 Å². The molecule has 0 fully saturated rings. The van der Waals surface area contributed by atoms with E-state index in [1.54, 1.807) is 25.3 Å². The molecule has 0 unspecified atom stereocenters. The number of Topliss-reactive ketones (excluding diaryl/α,β-unsaturated/α-hetero) is 2. The molecule has 1 aliphatic heterocycles. The molecule has 0 radical (unpaired) electrons. The minimum Gasteiger partial charge on any atom is -0.495 e. The number of ether oxygens (including phenoxy) is 3. The molecule has 2 aromatic rings. The van der Waals surface area contributed by atoms with Crippen molar-refractivity contribution in [3.8, 4) is 17.2 Å². The molecule has 42 heavy (non-hydrogen) atoms. The molecule has 2 N–H and O–H groups in total. The van der Waals surface area contributed by atoms with Crippen molar-refractivity contribution in [2.24, 2.45) is 10.8 Å². The van der Waals surface area contributed by atoms with Crippen LogP contribution in [0.25, 0.3) is 0 Å². The number of allylic oxidation sites excluding steroid dienone is 4. The summed E-state index contributed by atoms with van der Waals surface area (Å²) in [5.74, 6) is 0.708. The molecule has 222 valence electrons. The number of carbonyl (C=O) groups is 3. The highest BCUT2D eigenvalue weighted by molar-refractivity contribution is 6.06. The Kier molecular flexibility index (Phi) is 7.92. The van der Waals surface area contributed by atoms with E-state index in [4.69, 9.17) is 14.2 Å². The zero-order valence-electron chi connectivity index (χ0n) is 25.3. The number of para-hydroxylation sites is 2. The minimum absolute atomic E-state index is 0.0641. The van der Waals surface area contributed by atoms with Gasteiger partial charge in [-0.15, -0.1) is 0 Å². The van der Waals surface area contributed by atoms with E-state index < -0.39 is 5.92 Å². The first-order chi connectivity index (χ1) is 19.9. The molecule has 0 atom stereocenters. The SMILES string of the molecule is CCOc1cc(C2C3=C(CC(C)(C)CC3=O)NC3=C2C(=O)CC(C)(C)C3)ccc1OCC(=O)Nc1ccccc1OC. The fraction of sp³-hybridized carbons (Fsp3) is 0.441. The molecular weight excluding hydrogens is 532 g/mol. The van der Waals surface area contributed by atoms with E-state index >= 15 is 0 Å². The number of nitrogens with one attached hydrogen (secondary N) is 2. The van der Waals surface area contributed by atoms with Crippen LogP contribution in [0.1, 0.15) is 71.8 Å². The van der Waals surface area contributed by atoms with Crippen molar-refractivity contribution in [2.45, 2.75) is 66.2 Å². The van der Waals surface area contributed by atoms with Crippen molar-refractivity contribution in [3.63, 3.8) is 0 Å². The number of ketones is 2. The highest BCUT2D eigenvalue weighted by Gasteiger charge is 2.46. The summed E-state index contributed by atoms with van der Waals surface area (Å²) in [5.41, 5.74) is 4.19. The average Bonchev–Trinajstić information content (AvgIpc) is 2.90. The molecule has 0 saturated carbocycles. The molecule has 1 heterocycles. The Bertz CT molecular complexity index is 1450. The summed E-state index contributed by atoms with van der Waals surface area (Å²) in [5, 5.41) is 6.36. The van der Waals surface area contributed by atoms with E-state index in [1.165, 1.54) is 0 Å². The topological polar surface area (TPSA) is 103 Å². The lowest BCUT2D eigenvalue weighted by atomic mass is 9.64. The molecule has 0 bridgehead atoms. The number of benzene rings is 2. The Balaban J connectivity index is 1.47. The first-order valence-electron chi connectivity index (χ1n) is 14.5. The summed E-state index contributed by atoms with van der Waals surface area (Å²) in [6.45, 7) is 10.4. The zero-order chi connectivity index (χ0) is 30.2. The first-order valence-corrected chi connectivity index (χ1v) is 14.5. The van der Waals surface area contributed by atoms with Crippen molar-refractivity contribution in [2.75, 3.05) is 25.6 Å². The molecule has 5 rings (SSSR count).